The maximum atomic E-state index is 12.9. The normalized spacial score (nSPS) is 18.2. The van der Waals surface area contributed by atoms with Crippen molar-refractivity contribution in [3.8, 4) is 0 Å². The topological polar surface area (TPSA) is 86.4 Å². The fourth-order valence-electron chi connectivity index (χ4n) is 4.24. The first-order valence-corrected chi connectivity index (χ1v) is 12.6. The number of piperazine rings is 1. The lowest BCUT2D eigenvalue weighted by Crippen LogP contribution is -2.48. The van der Waals surface area contributed by atoms with Gasteiger partial charge in [0.25, 0.3) is 5.56 Å². The summed E-state index contributed by atoms with van der Waals surface area (Å²) in [6.07, 6.45) is 3.11. The van der Waals surface area contributed by atoms with E-state index in [0.717, 1.165) is 29.5 Å². The number of aromatic amines is 1. The Balaban J connectivity index is 1.29. The van der Waals surface area contributed by atoms with Gasteiger partial charge in [-0.05, 0) is 43.0 Å². The van der Waals surface area contributed by atoms with Crippen LogP contribution in [0.25, 0.3) is 10.2 Å². The van der Waals surface area contributed by atoms with E-state index in [4.69, 9.17) is 16.6 Å². The standard InChI is InChI=1S/C20H21ClN4O3S2/c21-13-3-1-4-14(11-13)30(27,28)25-9-7-24(8-10-25)12-17-22-19(26)18-15-5-2-6-16(15)29-20(18)23-17/h1,3-4,11H,2,5-10,12H2,(H,22,23,26). The highest BCUT2D eigenvalue weighted by Crippen LogP contribution is 2.34. The van der Waals surface area contributed by atoms with Gasteiger partial charge < -0.3 is 4.98 Å². The molecule has 3 heterocycles. The maximum Gasteiger partial charge on any atom is 0.259 e. The van der Waals surface area contributed by atoms with Gasteiger partial charge in [0.1, 0.15) is 10.7 Å². The van der Waals surface area contributed by atoms with Crippen LogP contribution >= 0.6 is 22.9 Å². The molecule has 1 fully saturated rings. The van der Waals surface area contributed by atoms with Crippen molar-refractivity contribution in [3.63, 3.8) is 0 Å². The van der Waals surface area contributed by atoms with Crippen molar-refractivity contribution in [2.24, 2.45) is 0 Å². The van der Waals surface area contributed by atoms with Crippen molar-refractivity contribution >= 4 is 43.2 Å². The Bertz CT molecular complexity index is 1280. The largest absolute Gasteiger partial charge is 0.309 e. The molecule has 158 valence electrons. The molecule has 2 aromatic heterocycles. The molecule has 3 aromatic rings. The number of fused-ring (bicyclic) bond motifs is 3. The quantitative estimate of drug-likeness (QED) is 0.641. The van der Waals surface area contributed by atoms with Gasteiger partial charge in [-0.2, -0.15) is 4.31 Å². The molecular weight excluding hydrogens is 444 g/mol. The minimum absolute atomic E-state index is 0.0587. The van der Waals surface area contributed by atoms with E-state index in [1.54, 1.807) is 29.5 Å². The third-order valence-electron chi connectivity index (χ3n) is 5.76. The smallest absolute Gasteiger partial charge is 0.259 e. The molecule has 1 aliphatic heterocycles. The molecule has 0 atom stereocenters. The van der Waals surface area contributed by atoms with Crippen molar-refractivity contribution in [1.82, 2.24) is 19.2 Å². The van der Waals surface area contributed by atoms with Crippen molar-refractivity contribution in [2.75, 3.05) is 26.2 Å². The highest BCUT2D eigenvalue weighted by Gasteiger charge is 2.29. The zero-order chi connectivity index (χ0) is 20.9. The summed E-state index contributed by atoms with van der Waals surface area (Å²) in [5.74, 6) is 0.638. The van der Waals surface area contributed by atoms with Crippen molar-refractivity contribution in [3.05, 3.63) is 55.9 Å². The van der Waals surface area contributed by atoms with Crippen LogP contribution in [0.3, 0.4) is 0 Å². The van der Waals surface area contributed by atoms with Crippen molar-refractivity contribution in [1.29, 1.82) is 0 Å². The first-order valence-electron chi connectivity index (χ1n) is 9.93. The van der Waals surface area contributed by atoms with Crippen LogP contribution in [0.1, 0.15) is 22.7 Å². The lowest BCUT2D eigenvalue weighted by atomic mass is 10.2. The molecule has 1 N–H and O–H groups in total. The lowest BCUT2D eigenvalue weighted by Gasteiger charge is -2.33. The van der Waals surface area contributed by atoms with Gasteiger partial charge in [-0.3, -0.25) is 9.69 Å². The minimum atomic E-state index is -3.56. The van der Waals surface area contributed by atoms with Gasteiger partial charge in [0, 0.05) is 36.1 Å². The Morgan fingerprint density at radius 3 is 2.73 bits per heavy atom. The highest BCUT2D eigenvalue weighted by molar-refractivity contribution is 7.89. The number of H-pyrrole nitrogens is 1. The second-order valence-electron chi connectivity index (χ2n) is 7.69. The van der Waals surface area contributed by atoms with Gasteiger partial charge >= 0.3 is 0 Å². The van der Waals surface area contributed by atoms with Crippen LogP contribution in [-0.4, -0.2) is 53.8 Å². The van der Waals surface area contributed by atoms with E-state index < -0.39 is 10.0 Å². The van der Waals surface area contributed by atoms with Crippen molar-refractivity contribution < 1.29 is 8.42 Å². The average Bonchev–Trinajstić information content (AvgIpc) is 3.29. The molecule has 0 unspecified atom stereocenters. The summed E-state index contributed by atoms with van der Waals surface area (Å²) in [6.45, 7) is 2.41. The minimum Gasteiger partial charge on any atom is -0.309 e. The number of thiophene rings is 1. The molecule has 0 saturated carbocycles. The average molecular weight is 465 g/mol. The summed E-state index contributed by atoms with van der Waals surface area (Å²) in [7, 11) is -3.56. The van der Waals surface area contributed by atoms with Crippen LogP contribution in [-0.2, 0) is 29.4 Å². The van der Waals surface area contributed by atoms with Gasteiger partial charge in [-0.15, -0.1) is 11.3 Å². The number of nitrogens with one attached hydrogen (secondary N) is 1. The number of nitrogens with zero attached hydrogens (tertiary/aromatic N) is 3. The molecule has 2 aliphatic rings. The summed E-state index contributed by atoms with van der Waals surface area (Å²) in [5, 5.41) is 1.16. The van der Waals surface area contributed by atoms with Gasteiger partial charge in [0.2, 0.25) is 10.0 Å². The zero-order valence-corrected chi connectivity index (χ0v) is 18.6. The predicted octanol–water partition coefficient (Wildman–Crippen LogP) is 2.63. The highest BCUT2D eigenvalue weighted by atomic mass is 35.5. The molecule has 7 nitrogen and oxygen atoms in total. The molecule has 1 aliphatic carbocycles. The third-order valence-corrected chi connectivity index (χ3v) is 9.08. The second-order valence-corrected chi connectivity index (χ2v) is 11.1. The molecule has 1 aromatic carbocycles. The van der Waals surface area contributed by atoms with Gasteiger partial charge in [-0.1, -0.05) is 17.7 Å². The van der Waals surface area contributed by atoms with Crippen LogP contribution in [0.5, 0.6) is 0 Å². The Morgan fingerprint density at radius 2 is 1.97 bits per heavy atom. The molecule has 30 heavy (non-hydrogen) atoms. The first kappa shape index (κ1) is 20.1. The fraction of sp³-hybridized carbons (Fsp3) is 0.400. The molecule has 0 spiro atoms. The van der Waals surface area contributed by atoms with E-state index in [9.17, 15) is 13.2 Å². The summed E-state index contributed by atoms with van der Waals surface area (Å²) < 4.78 is 27.2. The fourth-order valence-corrected chi connectivity index (χ4v) is 7.24. The van der Waals surface area contributed by atoms with Gasteiger partial charge in [0.15, 0.2) is 0 Å². The van der Waals surface area contributed by atoms with E-state index in [1.165, 1.54) is 20.8 Å². The van der Waals surface area contributed by atoms with Crippen LogP contribution in [0.15, 0.2) is 34.0 Å². The predicted molar refractivity (Wildman–Crippen MR) is 118 cm³/mol. The molecule has 0 amide bonds. The summed E-state index contributed by atoms with van der Waals surface area (Å²) in [5.41, 5.74) is 1.12. The Labute approximate surface area is 183 Å². The third kappa shape index (κ3) is 3.58. The van der Waals surface area contributed by atoms with Crippen molar-refractivity contribution in [2.45, 2.75) is 30.7 Å². The zero-order valence-electron chi connectivity index (χ0n) is 16.2. The summed E-state index contributed by atoms with van der Waals surface area (Å²) in [4.78, 5) is 24.7. The number of aromatic nitrogens is 2. The Kier molecular flexibility index (Phi) is 5.19. The Morgan fingerprint density at radius 1 is 1.17 bits per heavy atom. The molecule has 0 bridgehead atoms. The number of rotatable bonds is 4. The van der Waals surface area contributed by atoms with E-state index in [2.05, 4.69) is 9.88 Å². The number of hydrogen-bond donors (Lipinski definition) is 1. The molecular formula is C20H21ClN4O3S2. The number of benzene rings is 1. The summed E-state index contributed by atoms with van der Waals surface area (Å²) >= 11 is 7.59. The van der Waals surface area contributed by atoms with Crippen LogP contribution in [0.4, 0.5) is 0 Å². The number of aryl methyl sites for hydroxylation is 2. The molecule has 0 radical (unpaired) electrons. The van der Waals surface area contributed by atoms with E-state index in [-0.39, 0.29) is 10.5 Å². The SMILES string of the molecule is O=c1[nH]c(CN2CCN(S(=O)(=O)c3cccc(Cl)c3)CC2)nc2sc3c(c12)CCC3. The monoisotopic (exact) mass is 464 g/mol. The lowest BCUT2D eigenvalue weighted by molar-refractivity contribution is 0.178. The summed E-state index contributed by atoms with van der Waals surface area (Å²) in [6, 6.07) is 6.34. The second kappa shape index (κ2) is 7.72. The maximum absolute atomic E-state index is 12.9. The molecule has 1 saturated heterocycles. The molecule has 10 heteroatoms. The first-order chi connectivity index (χ1) is 14.4. The number of halogens is 1. The number of hydrogen-bond acceptors (Lipinski definition) is 6. The van der Waals surface area contributed by atoms with Crippen LogP contribution in [0.2, 0.25) is 5.02 Å². The Hall–Kier alpha value is -1.78. The number of sulfonamides is 1. The van der Waals surface area contributed by atoms with Gasteiger partial charge in [-0.25, -0.2) is 13.4 Å². The van der Waals surface area contributed by atoms with E-state index in [1.807, 2.05) is 0 Å². The van der Waals surface area contributed by atoms with Crippen LogP contribution in [0, 0.1) is 0 Å². The molecule has 5 rings (SSSR count). The van der Waals surface area contributed by atoms with E-state index in [0.29, 0.717) is 43.6 Å². The van der Waals surface area contributed by atoms with Gasteiger partial charge in [0.05, 0.1) is 16.8 Å². The van der Waals surface area contributed by atoms with Crippen LogP contribution < -0.4 is 5.56 Å². The van der Waals surface area contributed by atoms with E-state index >= 15 is 0 Å².